The Bertz CT molecular complexity index is 588. The van der Waals surface area contributed by atoms with Gasteiger partial charge < -0.3 is 14.2 Å². The van der Waals surface area contributed by atoms with Gasteiger partial charge in [-0.25, -0.2) is 9.59 Å². The van der Waals surface area contributed by atoms with Gasteiger partial charge in [0.05, 0.1) is 20.6 Å². The molecule has 2 rings (SSSR count). The second-order valence-electron chi connectivity index (χ2n) is 5.53. The molecule has 2 atom stereocenters. The molecule has 1 aliphatic heterocycles. The maximum Gasteiger partial charge on any atom is 0.410 e. The number of amides is 1. The first-order chi connectivity index (χ1) is 11.6. The summed E-state index contributed by atoms with van der Waals surface area (Å²) in [5, 5.41) is 0. The molecule has 1 aromatic rings. The van der Waals surface area contributed by atoms with E-state index >= 15 is 0 Å². The van der Waals surface area contributed by atoms with E-state index in [9.17, 15) is 14.4 Å². The van der Waals surface area contributed by atoms with Crippen molar-refractivity contribution in [2.24, 2.45) is 5.92 Å². The summed E-state index contributed by atoms with van der Waals surface area (Å²) in [6.45, 7) is 0.445. The third-order valence-corrected chi connectivity index (χ3v) is 4.06. The summed E-state index contributed by atoms with van der Waals surface area (Å²) >= 11 is 0. The van der Waals surface area contributed by atoms with Crippen molar-refractivity contribution in [2.45, 2.75) is 25.5 Å². The molecule has 0 spiro atoms. The quantitative estimate of drug-likeness (QED) is 0.602. The molecule has 1 heterocycles. The van der Waals surface area contributed by atoms with Crippen LogP contribution >= 0.6 is 0 Å². The molecule has 1 saturated heterocycles. The van der Waals surface area contributed by atoms with Crippen molar-refractivity contribution < 1.29 is 28.6 Å². The van der Waals surface area contributed by atoms with Crippen molar-refractivity contribution >= 4 is 18.0 Å². The maximum absolute atomic E-state index is 12.3. The lowest BCUT2D eigenvalue weighted by Gasteiger charge is -2.25. The van der Waals surface area contributed by atoms with E-state index in [-0.39, 0.29) is 18.9 Å². The summed E-state index contributed by atoms with van der Waals surface area (Å²) in [5.41, 5.74) is 0.853. The van der Waals surface area contributed by atoms with E-state index in [2.05, 4.69) is 4.74 Å². The molecule has 0 bridgehead atoms. The fourth-order valence-electron chi connectivity index (χ4n) is 2.81. The first-order valence-corrected chi connectivity index (χ1v) is 7.68. The van der Waals surface area contributed by atoms with Crippen LogP contribution in [0.25, 0.3) is 0 Å². The fourth-order valence-corrected chi connectivity index (χ4v) is 2.81. The SMILES string of the molecule is COC(=O)C[C@@H]1CCN(C(=O)OCc2ccccc2)[C@@H]1C(=O)OC. The maximum atomic E-state index is 12.3. The molecule has 0 radical (unpaired) electrons. The van der Waals surface area contributed by atoms with Crippen LogP contribution in [0.1, 0.15) is 18.4 Å². The number of likely N-dealkylation sites (tertiary alicyclic amines) is 1. The number of rotatable bonds is 5. The molecule has 1 amide bonds. The van der Waals surface area contributed by atoms with Crippen molar-refractivity contribution in [1.29, 1.82) is 0 Å². The largest absolute Gasteiger partial charge is 0.469 e. The highest BCUT2D eigenvalue weighted by atomic mass is 16.6. The molecule has 1 aliphatic rings. The van der Waals surface area contributed by atoms with E-state index in [1.165, 1.54) is 19.1 Å². The molecule has 1 fully saturated rings. The van der Waals surface area contributed by atoms with Gasteiger partial charge >= 0.3 is 18.0 Å². The molecule has 0 unspecified atom stereocenters. The van der Waals surface area contributed by atoms with E-state index < -0.39 is 24.1 Å². The Labute approximate surface area is 140 Å². The topological polar surface area (TPSA) is 82.1 Å². The Kier molecular flexibility index (Phi) is 6.17. The summed E-state index contributed by atoms with van der Waals surface area (Å²) in [4.78, 5) is 37.2. The Balaban J connectivity index is 2.02. The van der Waals surface area contributed by atoms with Gasteiger partial charge in [0, 0.05) is 12.5 Å². The Hall–Kier alpha value is -2.57. The van der Waals surface area contributed by atoms with E-state index in [1.54, 1.807) is 0 Å². The minimum Gasteiger partial charge on any atom is -0.469 e. The van der Waals surface area contributed by atoms with Crippen LogP contribution in [-0.4, -0.2) is 49.7 Å². The normalized spacial score (nSPS) is 19.7. The predicted octanol–water partition coefficient (Wildman–Crippen LogP) is 1.75. The van der Waals surface area contributed by atoms with Crippen molar-refractivity contribution in [3.63, 3.8) is 0 Å². The van der Waals surface area contributed by atoms with Crippen LogP contribution in [0.3, 0.4) is 0 Å². The van der Waals surface area contributed by atoms with Gasteiger partial charge in [0.15, 0.2) is 0 Å². The molecule has 0 N–H and O–H groups in total. The Morgan fingerprint density at radius 2 is 1.83 bits per heavy atom. The number of carbonyl (C=O) groups excluding carboxylic acids is 3. The first kappa shape index (κ1) is 17.8. The number of hydrogen-bond donors (Lipinski definition) is 0. The zero-order valence-electron chi connectivity index (χ0n) is 13.8. The third kappa shape index (κ3) is 4.24. The van der Waals surface area contributed by atoms with E-state index in [1.807, 2.05) is 30.3 Å². The number of hydrogen-bond acceptors (Lipinski definition) is 6. The van der Waals surface area contributed by atoms with Gasteiger partial charge in [-0.2, -0.15) is 0 Å². The van der Waals surface area contributed by atoms with Gasteiger partial charge in [0.25, 0.3) is 0 Å². The van der Waals surface area contributed by atoms with Crippen LogP contribution < -0.4 is 0 Å². The van der Waals surface area contributed by atoms with Crippen molar-refractivity contribution in [3.05, 3.63) is 35.9 Å². The molecule has 7 nitrogen and oxygen atoms in total. The fraction of sp³-hybridized carbons (Fsp3) is 0.471. The average Bonchev–Trinajstić information content (AvgIpc) is 3.03. The molecule has 7 heteroatoms. The van der Waals surface area contributed by atoms with Gasteiger partial charge in [0.2, 0.25) is 0 Å². The number of methoxy groups -OCH3 is 2. The Morgan fingerprint density at radius 1 is 1.12 bits per heavy atom. The number of esters is 2. The number of carbonyl (C=O) groups is 3. The molecule has 0 aromatic heterocycles. The summed E-state index contributed by atoms with van der Waals surface area (Å²) in [6.07, 6.45) is -0.0322. The summed E-state index contributed by atoms with van der Waals surface area (Å²) in [5.74, 6) is -1.32. The number of ether oxygens (including phenoxy) is 3. The highest BCUT2D eigenvalue weighted by molar-refractivity contribution is 5.83. The molecule has 0 saturated carbocycles. The molecule has 130 valence electrons. The lowest BCUT2D eigenvalue weighted by molar-refractivity contribution is -0.148. The summed E-state index contributed by atoms with van der Waals surface area (Å²) < 4.78 is 14.7. The van der Waals surface area contributed by atoms with Crippen LogP contribution in [0, 0.1) is 5.92 Å². The molecular formula is C17H21NO6. The third-order valence-electron chi connectivity index (χ3n) is 4.06. The molecule has 1 aromatic carbocycles. The van der Waals surface area contributed by atoms with Gasteiger partial charge in [0.1, 0.15) is 12.6 Å². The van der Waals surface area contributed by atoms with Gasteiger partial charge in [-0.05, 0) is 12.0 Å². The summed E-state index contributed by atoms with van der Waals surface area (Å²) in [6, 6.07) is 8.42. The zero-order valence-corrected chi connectivity index (χ0v) is 13.8. The van der Waals surface area contributed by atoms with Crippen molar-refractivity contribution in [1.82, 2.24) is 4.90 Å². The monoisotopic (exact) mass is 335 g/mol. The van der Waals surface area contributed by atoms with Crippen LogP contribution in [0.2, 0.25) is 0 Å². The van der Waals surface area contributed by atoms with Crippen LogP contribution in [-0.2, 0) is 30.4 Å². The summed E-state index contributed by atoms with van der Waals surface area (Å²) in [7, 11) is 2.54. The highest BCUT2D eigenvalue weighted by Gasteiger charge is 2.44. The van der Waals surface area contributed by atoms with Crippen molar-refractivity contribution in [3.8, 4) is 0 Å². The Morgan fingerprint density at radius 3 is 2.46 bits per heavy atom. The zero-order chi connectivity index (χ0) is 17.5. The first-order valence-electron chi connectivity index (χ1n) is 7.68. The smallest absolute Gasteiger partial charge is 0.410 e. The number of nitrogens with zero attached hydrogens (tertiary/aromatic N) is 1. The van der Waals surface area contributed by atoms with Crippen molar-refractivity contribution in [2.75, 3.05) is 20.8 Å². The van der Waals surface area contributed by atoms with Gasteiger partial charge in [-0.1, -0.05) is 30.3 Å². The second kappa shape index (κ2) is 8.33. The molecule has 24 heavy (non-hydrogen) atoms. The van der Waals surface area contributed by atoms with Gasteiger partial charge in [-0.15, -0.1) is 0 Å². The second-order valence-corrected chi connectivity index (χ2v) is 5.53. The average molecular weight is 335 g/mol. The van der Waals surface area contributed by atoms with Gasteiger partial charge in [-0.3, -0.25) is 9.69 Å². The van der Waals surface area contributed by atoms with Crippen LogP contribution in [0.5, 0.6) is 0 Å². The number of benzene rings is 1. The van der Waals surface area contributed by atoms with E-state index in [4.69, 9.17) is 9.47 Å². The lowest BCUT2D eigenvalue weighted by Crippen LogP contribution is -2.44. The predicted molar refractivity (Wildman–Crippen MR) is 83.9 cm³/mol. The van der Waals surface area contributed by atoms with Crippen LogP contribution in [0.15, 0.2) is 30.3 Å². The molecular weight excluding hydrogens is 314 g/mol. The molecule has 0 aliphatic carbocycles. The van der Waals surface area contributed by atoms with Crippen LogP contribution in [0.4, 0.5) is 4.79 Å². The standard InChI is InChI=1S/C17H21NO6/c1-22-14(19)10-13-8-9-18(15(13)16(20)23-2)17(21)24-11-12-6-4-3-5-7-12/h3-7,13,15H,8-11H2,1-2H3/t13-,15-/m0/s1. The lowest BCUT2D eigenvalue weighted by atomic mass is 9.97. The van der Waals surface area contributed by atoms with E-state index in [0.717, 1.165) is 5.56 Å². The minimum atomic E-state index is -0.836. The minimum absolute atomic E-state index is 0.0543. The van der Waals surface area contributed by atoms with E-state index in [0.29, 0.717) is 13.0 Å². The highest BCUT2D eigenvalue weighted by Crippen LogP contribution is 2.29.